The van der Waals surface area contributed by atoms with E-state index in [-0.39, 0.29) is 5.91 Å². The molecule has 0 bridgehead atoms. The Hall–Kier alpha value is -2.21. The van der Waals surface area contributed by atoms with Gasteiger partial charge in [-0.15, -0.1) is 10.2 Å². The minimum absolute atomic E-state index is 0.164. The molecule has 6 heteroatoms. The number of hydrogen-bond donors (Lipinski definition) is 1. The highest BCUT2D eigenvalue weighted by atomic mass is 32.1. The standard InChI is InChI=1S/C18H20N4OS/c1-22-10-2-3-14-11-12(4-8-15(14)22)5-9-16(23)19-18-21-20-17(24-18)13-6-7-13/h4-5,8-9,11,13H,2-3,6-7,10H2,1H3,(H,19,21,23). The van der Waals surface area contributed by atoms with Crippen molar-refractivity contribution in [2.45, 2.75) is 31.6 Å². The van der Waals surface area contributed by atoms with Crippen LogP contribution in [0, 0.1) is 0 Å². The molecule has 1 amide bonds. The number of aryl methyl sites for hydroxylation is 1. The number of benzene rings is 1. The minimum Gasteiger partial charge on any atom is -0.374 e. The fourth-order valence-corrected chi connectivity index (χ4v) is 3.92. The van der Waals surface area contributed by atoms with Gasteiger partial charge in [-0.1, -0.05) is 17.4 Å². The van der Waals surface area contributed by atoms with Crippen LogP contribution in [0.1, 0.15) is 41.3 Å². The van der Waals surface area contributed by atoms with Crippen molar-refractivity contribution in [1.29, 1.82) is 0 Å². The molecule has 0 unspecified atom stereocenters. The summed E-state index contributed by atoms with van der Waals surface area (Å²) in [6.45, 7) is 1.11. The van der Waals surface area contributed by atoms with Gasteiger partial charge in [0.15, 0.2) is 0 Å². The third kappa shape index (κ3) is 3.33. The van der Waals surface area contributed by atoms with E-state index in [0.717, 1.165) is 23.5 Å². The maximum Gasteiger partial charge on any atom is 0.250 e. The van der Waals surface area contributed by atoms with Crippen LogP contribution < -0.4 is 10.2 Å². The van der Waals surface area contributed by atoms with Crippen molar-refractivity contribution in [2.24, 2.45) is 0 Å². The van der Waals surface area contributed by atoms with E-state index in [1.807, 2.05) is 6.08 Å². The summed E-state index contributed by atoms with van der Waals surface area (Å²) in [4.78, 5) is 14.3. The van der Waals surface area contributed by atoms with Crippen molar-refractivity contribution in [3.05, 3.63) is 40.4 Å². The zero-order valence-corrected chi connectivity index (χ0v) is 14.5. The molecular weight excluding hydrogens is 320 g/mol. The smallest absolute Gasteiger partial charge is 0.250 e. The largest absolute Gasteiger partial charge is 0.374 e. The van der Waals surface area contributed by atoms with Gasteiger partial charge in [-0.3, -0.25) is 10.1 Å². The highest BCUT2D eigenvalue weighted by Crippen LogP contribution is 2.42. The maximum absolute atomic E-state index is 12.1. The van der Waals surface area contributed by atoms with E-state index in [4.69, 9.17) is 0 Å². The van der Waals surface area contributed by atoms with Gasteiger partial charge in [0.05, 0.1) is 0 Å². The van der Waals surface area contributed by atoms with E-state index < -0.39 is 0 Å². The first-order valence-electron chi connectivity index (χ1n) is 8.35. The number of rotatable bonds is 4. The molecule has 0 spiro atoms. The molecule has 1 saturated carbocycles. The van der Waals surface area contributed by atoms with Crippen molar-refractivity contribution in [1.82, 2.24) is 10.2 Å². The highest BCUT2D eigenvalue weighted by Gasteiger charge is 2.27. The van der Waals surface area contributed by atoms with Gasteiger partial charge in [-0.05, 0) is 55.0 Å². The van der Waals surface area contributed by atoms with Gasteiger partial charge in [0.25, 0.3) is 0 Å². The molecule has 1 aromatic carbocycles. The third-order valence-electron chi connectivity index (χ3n) is 4.48. The van der Waals surface area contributed by atoms with Crippen LogP contribution in [0.3, 0.4) is 0 Å². The number of amides is 1. The molecule has 0 saturated heterocycles. The molecular formula is C18H20N4OS. The molecule has 2 aliphatic rings. The second-order valence-corrected chi connectivity index (χ2v) is 7.46. The number of aromatic nitrogens is 2. The number of carbonyl (C=O) groups is 1. The summed E-state index contributed by atoms with van der Waals surface area (Å²) in [6, 6.07) is 6.37. The Morgan fingerprint density at radius 3 is 3.08 bits per heavy atom. The van der Waals surface area contributed by atoms with Gasteiger partial charge in [0.2, 0.25) is 11.0 Å². The first kappa shape index (κ1) is 15.3. The Labute approximate surface area is 145 Å². The molecule has 1 N–H and O–H groups in total. The van der Waals surface area contributed by atoms with Crippen LogP contribution in [0.4, 0.5) is 10.8 Å². The molecule has 1 aliphatic carbocycles. The van der Waals surface area contributed by atoms with Gasteiger partial charge in [-0.25, -0.2) is 0 Å². The monoisotopic (exact) mass is 340 g/mol. The molecule has 2 aromatic rings. The molecule has 4 rings (SSSR count). The second kappa shape index (κ2) is 6.36. The normalized spacial score (nSPS) is 17.1. The summed E-state index contributed by atoms with van der Waals surface area (Å²) in [5.41, 5.74) is 3.70. The lowest BCUT2D eigenvalue weighted by Gasteiger charge is -2.27. The van der Waals surface area contributed by atoms with Crippen molar-refractivity contribution in [3.63, 3.8) is 0 Å². The Bertz CT molecular complexity index is 794. The van der Waals surface area contributed by atoms with Crippen molar-refractivity contribution in [3.8, 4) is 0 Å². The number of carbonyl (C=O) groups excluding carboxylic acids is 1. The first-order valence-corrected chi connectivity index (χ1v) is 9.17. The van der Waals surface area contributed by atoms with Crippen LogP contribution in [0.25, 0.3) is 6.08 Å². The van der Waals surface area contributed by atoms with E-state index >= 15 is 0 Å². The van der Waals surface area contributed by atoms with Crippen LogP contribution in [0.2, 0.25) is 0 Å². The summed E-state index contributed by atoms with van der Waals surface area (Å²) >= 11 is 1.48. The van der Waals surface area contributed by atoms with E-state index in [2.05, 4.69) is 45.7 Å². The number of fused-ring (bicyclic) bond motifs is 1. The fourth-order valence-electron chi connectivity index (χ4n) is 3.01. The SMILES string of the molecule is CN1CCCc2cc(C=CC(=O)Nc3nnc(C4CC4)s3)ccc21. The van der Waals surface area contributed by atoms with Crippen LogP contribution in [-0.2, 0) is 11.2 Å². The zero-order valence-electron chi connectivity index (χ0n) is 13.7. The van der Waals surface area contributed by atoms with Crippen LogP contribution in [-0.4, -0.2) is 29.7 Å². The minimum atomic E-state index is -0.164. The van der Waals surface area contributed by atoms with E-state index in [1.54, 1.807) is 6.08 Å². The van der Waals surface area contributed by atoms with E-state index in [1.165, 1.54) is 41.9 Å². The Balaban J connectivity index is 1.41. The average Bonchev–Trinajstić information content (AvgIpc) is 3.33. The summed E-state index contributed by atoms with van der Waals surface area (Å²) < 4.78 is 0. The molecule has 1 aromatic heterocycles. The molecule has 24 heavy (non-hydrogen) atoms. The topological polar surface area (TPSA) is 58.1 Å². The number of anilines is 2. The molecule has 124 valence electrons. The quantitative estimate of drug-likeness (QED) is 0.866. The lowest BCUT2D eigenvalue weighted by molar-refractivity contribution is -0.111. The Morgan fingerprint density at radius 1 is 1.38 bits per heavy atom. The summed E-state index contributed by atoms with van der Waals surface area (Å²) in [6.07, 6.45) is 8.07. The molecule has 5 nitrogen and oxygen atoms in total. The van der Waals surface area contributed by atoms with Gasteiger partial charge < -0.3 is 4.90 Å². The fraction of sp³-hybridized carbons (Fsp3) is 0.389. The average molecular weight is 340 g/mol. The van der Waals surface area contributed by atoms with Gasteiger partial charge in [0, 0.05) is 31.3 Å². The lowest BCUT2D eigenvalue weighted by Crippen LogP contribution is -2.24. The maximum atomic E-state index is 12.1. The Morgan fingerprint density at radius 2 is 2.25 bits per heavy atom. The Kier molecular flexibility index (Phi) is 4.06. The summed E-state index contributed by atoms with van der Waals surface area (Å²) in [5.74, 6) is 0.403. The highest BCUT2D eigenvalue weighted by molar-refractivity contribution is 7.15. The van der Waals surface area contributed by atoms with Crippen LogP contribution >= 0.6 is 11.3 Å². The van der Waals surface area contributed by atoms with Gasteiger partial charge in [0.1, 0.15) is 5.01 Å². The zero-order chi connectivity index (χ0) is 16.5. The van der Waals surface area contributed by atoms with Gasteiger partial charge >= 0.3 is 0 Å². The predicted octanol–water partition coefficient (Wildman–Crippen LogP) is 3.45. The molecule has 1 aliphatic heterocycles. The van der Waals surface area contributed by atoms with Crippen LogP contribution in [0.5, 0.6) is 0 Å². The van der Waals surface area contributed by atoms with Crippen molar-refractivity contribution >= 4 is 34.1 Å². The van der Waals surface area contributed by atoms with E-state index in [9.17, 15) is 4.79 Å². The molecule has 0 atom stereocenters. The summed E-state index contributed by atoms with van der Waals surface area (Å²) in [5, 5.41) is 12.6. The van der Waals surface area contributed by atoms with Crippen molar-refractivity contribution < 1.29 is 4.79 Å². The first-order chi connectivity index (χ1) is 11.7. The number of nitrogens with zero attached hydrogens (tertiary/aromatic N) is 3. The molecule has 1 fully saturated rings. The lowest BCUT2D eigenvalue weighted by atomic mass is 9.99. The third-order valence-corrected chi connectivity index (χ3v) is 5.48. The predicted molar refractivity (Wildman–Crippen MR) is 97.6 cm³/mol. The summed E-state index contributed by atoms with van der Waals surface area (Å²) in [7, 11) is 2.12. The molecule has 0 radical (unpaired) electrons. The number of nitrogens with one attached hydrogen (secondary N) is 1. The van der Waals surface area contributed by atoms with Gasteiger partial charge in [-0.2, -0.15) is 0 Å². The molecule has 2 heterocycles. The van der Waals surface area contributed by atoms with Crippen LogP contribution in [0.15, 0.2) is 24.3 Å². The number of hydrogen-bond acceptors (Lipinski definition) is 5. The van der Waals surface area contributed by atoms with E-state index in [0.29, 0.717) is 11.0 Å². The van der Waals surface area contributed by atoms with Crippen molar-refractivity contribution in [2.75, 3.05) is 23.8 Å². The second-order valence-electron chi connectivity index (χ2n) is 6.46.